The van der Waals surface area contributed by atoms with Gasteiger partial charge in [0.05, 0.1) is 18.9 Å². The van der Waals surface area contributed by atoms with Crippen molar-refractivity contribution in [2.24, 2.45) is 0 Å². The summed E-state index contributed by atoms with van der Waals surface area (Å²) >= 11 is 9.99. The minimum Gasteiger partial charge on any atom is -0.449 e. The van der Waals surface area contributed by atoms with E-state index in [0.717, 1.165) is 26.8 Å². The molecule has 0 radical (unpaired) electrons. The van der Waals surface area contributed by atoms with Crippen LogP contribution in [-0.4, -0.2) is 45.5 Å². The molecule has 1 fully saturated rings. The van der Waals surface area contributed by atoms with E-state index in [9.17, 15) is 14.4 Å². The minimum atomic E-state index is -1.65. The van der Waals surface area contributed by atoms with Gasteiger partial charge in [-0.15, -0.1) is 0 Å². The number of ether oxygens (including phenoxy) is 2. The van der Waals surface area contributed by atoms with Crippen molar-refractivity contribution in [3.05, 3.63) is 64.6 Å². The van der Waals surface area contributed by atoms with Crippen molar-refractivity contribution in [3.63, 3.8) is 0 Å². The summed E-state index contributed by atoms with van der Waals surface area (Å²) in [6, 6.07) is 16.2. The van der Waals surface area contributed by atoms with Crippen LogP contribution in [0, 0.1) is 0 Å². The van der Waals surface area contributed by atoms with E-state index in [4.69, 9.17) is 21.7 Å². The molecule has 33 heavy (non-hydrogen) atoms. The zero-order valence-corrected chi connectivity index (χ0v) is 21.2. The molecule has 174 valence electrons. The van der Waals surface area contributed by atoms with Gasteiger partial charge in [-0.3, -0.25) is 9.69 Å². The van der Waals surface area contributed by atoms with Crippen LogP contribution in [0.1, 0.15) is 19.4 Å². The Hall–Kier alpha value is -2.63. The first kappa shape index (κ1) is 25.0. The molecule has 0 unspecified atom stereocenters. The predicted octanol–water partition coefficient (Wildman–Crippen LogP) is 4.87. The van der Waals surface area contributed by atoms with Gasteiger partial charge in [0.25, 0.3) is 5.91 Å². The lowest BCUT2D eigenvalue weighted by molar-refractivity contribution is -0.124. The number of halogens is 1. The summed E-state index contributed by atoms with van der Waals surface area (Å²) in [5.41, 5.74) is 3.69. The SMILES string of the molecule is CCOC(=O)NN(C(=O)OCC)[C@@]1(Cc2cccc(Br)c2)SC(=S)N(c2ccccc2)C1=O. The fraction of sp³-hybridized carbons (Fsp3) is 0.273. The molecule has 1 aliphatic heterocycles. The number of thioether (sulfide) groups is 1. The second-order valence-electron chi connectivity index (χ2n) is 6.80. The second-order valence-corrected chi connectivity index (χ2v) is 9.63. The minimum absolute atomic E-state index is 0.0402. The molecule has 1 N–H and O–H groups in total. The molecule has 1 saturated heterocycles. The van der Waals surface area contributed by atoms with Crippen molar-refractivity contribution < 1.29 is 23.9 Å². The number of anilines is 1. The summed E-state index contributed by atoms with van der Waals surface area (Å²) in [7, 11) is 0. The molecule has 3 amide bonds. The van der Waals surface area contributed by atoms with Crippen LogP contribution in [-0.2, 0) is 20.7 Å². The van der Waals surface area contributed by atoms with Gasteiger partial charge in [-0.25, -0.2) is 15.0 Å². The van der Waals surface area contributed by atoms with E-state index in [2.05, 4.69) is 21.4 Å². The highest BCUT2D eigenvalue weighted by molar-refractivity contribution is 9.10. The van der Waals surface area contributed by atoms with E-state index < -0.39 is 23.0 Å². The number of thiocarbonyl (C=S) groups is 1. The molecule has 0 aliphatic carbocycles. The first-order valence-electron chi connectivity index (χ1n) is 10.1. The molecule has 2 aromatic rings. The Morgan fingerprint density at radius 2 is 1.82 bits per heavy atom. The molecular formula is C22H22BrN3O5S2. The lowest BCUT2D eigenvalue weighted by atomic mass is 10.0. The van der Waals surface area contributed by atoms with Gasteiger partial charge in [-0.05, 0) is 43.7 Å². The lowest BCUT2D eigenvalue weighted by Gasteiger charge is -2.36. The average molecular weight is 552 g/mol. The molecule has 0 bridgehead atoms. The molecule has 0 saturated carbocycles. The summed E-state index contributed by atoms with van der Waals surface area (Å²) < 4.78 is 11.2. The third kappa shape index (κ3) is 5.48. The fourth-order valence-electron chi connectivity index (χ4n) is 3.27. The molecule has 1 aliphatic rings. The number of hydrogen-bond acceptors (Lipinski definition) is 7. The van der Waals surface area contributed by atoms with E-state index in [1.807, 2.05) is 30.3 Å². The molecule has 2 aromatic carbocycles. The van der Waals surface area contributed by atoms with Gasteiger partial charge in [0.15, 0.2) is 4.32 Å². The summed E-state index contributed by atoms with van der Waals surface area (Å²) in [6.45, 7) is 3.38. The van der Waals surface area contributed by atoms with Crippen LogP contribution >= 0.6 is 39.9 Å². The number of carbonyl (C=O) groups excluding carboxylic acids is 3. The van der Waals surface area contributed by atoms with E-state index in [-0.39, 0.29) is 24.0 Å². The topological polar surface area (TPSA) is 88.2 Å². The van der Waals surface area contributed by atoms with Crippen LogP contribution in [0.3, 0.4) is 0 Å². The van der Waals surface area contributed by atoms with Gasteiger partial charge in [0.2, 0.25) is 4.87 Å². The third-order valence-corrected chi connectivity index (χ3v) is 6.74. The van der Waals surface area contributed by atoms with Crippen molar-refractivity contribution in [2.45, 2.75) is 25.1 Å². The Morgan fingerprint density at radius 3 is 2.45 bits per heavy atom. The highest BCUT2D eigenvalue weighted by Crippen LogP contribution is 2.44. The summed E-state index contributed by atoms with van der Waals surface area (Å²) in [5.74, 6) is -0.492. The lowest BCUT2D eigenvalue weighted by Crippen LogP contribution is -2.63. The standard InChI is InChI=1S/C22H22BrN3O5S2/c1-3-30-19(28)24-26(20(29)31-4-2)22(14-15-9-8-10-16(23)13-15)18(27)25(21(32)33-22)17-11-6-5-7-12-17/h5-13H,3-4,14H2,1-2H3,(H,24,28)/t22-/m0/s1. The summed E-state index contributed by atoms with van der Waals surface area (Å²) in [4.78, 5) is 39.1. The monoisotopic (exact) mass is 551 g/mol. The third-order valence-electron chi connectivity index (χ3n) is 4.61. The highest BCUT2D eigenvalue weighted by atomic mass is 79.9. The quantitative estimate of drug-likeness (QED) is 0.404. The van der Waals surface area contributed by atoms with Crippen LogP contribution in [0.25, 0.3) is 0 Å². The maximum Gasteiger partial charge on any atom is 0.430 e. The number of rotatable bonds is 6. The molecule has 0 aromatic heterocycles. The number of amides is 3. The van der Waals surface area contributed by atoms with E-state index in [1.54, 1.807) is 38.1 Å². The van der Waals surface area contributed by atoms with Gasteiger partial charge < -0.3 is 9.47 Å². The van der Waals surface area contributed by atoms with Crippen LogP contribution in [0.4, 0.5) is 15.3 Å². The molecule has 1 heterocycles. The van der Waals surface area contributed by atoms with Gasteiger partial charge in [0.1, 0.15) is 0 Å². The Morgan fingerprint density at radius 1 is 1.12 bits per heavy atom. The maximum atomic E-state index is 14.0. The van der Waals surface area contributed by atoms with Crippen molar-refractivity contribution in [1.82, 2.24) is 10.4 Å². The molecule has 0 spiro atoms. The highest BCUT2D eigenvalue weighted by Gasteiger charge is 2.58. The number of hydrogen-bond donors (Lipinski definition) is 1. The number of hydrazine groups is 1. The largest absolute Gasteiger partial charge is 0.449 e. The van der Waals surface area contributed by atoms with Crippen LogP contribution < -0.4 is 10.3 Å². The molecule has 11 heteroatoms. The fourth-order valence-corrected chi connectivity index (χ4v) is 5.52. The van der Waals surface area contributed by atoms with Crippen molar-refractivity contribution >= 4 is 68.0 Å². The Labute approximate surface area is 209 Å². The van der Waals surface area contributed by atoms with E-state index in [0.29, 0.717) is 5.69 Å². The van der Waals surface area contributed by atoms with Crippen LogP contribution in [0.2, 0.25) is 0 Å². The Balaban J connectivity index is 2.12. The van der Waals surface area contributed by atoms with E-state index in [1.165, 1.54) is 4.90 Å². The molecule has 3 rings (SSSR count). The normalized spacial score (nSPS) is 17.6. The summed E-state index contributed by atoms with van der Waals surface area (Å²) in [6.07, 6.45) is -1.75. The molecular weight excluding hydrogens is 530 g/mol. The first-order chi connectivity index (χ1) is 15.8. The average Bonchev–Trinajstić information content (AvgIpc) is 3.02. The molecule has 8 nitrogen and oxygen atoms in total. The van der Waals surface area contributed by atoms with Crippen LogP contribution in [0.15, 0.2) is 59.1 Å². The zero-order chi connectivity index (χ0) is 24.0. The number of para-hydroxylation sites is 1. The van der Waals surface area contributed by atoms with Gasteiger partial charge in [-0.1, -0.05) is 70.2 Å². The van der Waals surface area contributed by atoms with Crippen molar-refractivity contribution in [3.8, 4) is 0 Å². The second kappa shape index (κ2) is 11.0. The smallest absolute Gasteiger partial charge is 0.430 e. The Kier molecular flexibility index (Phi) is 8.33. The maximum absolute atomic E-state index is 14.0. The van der Waals surface area contributed by atoms with Gasteiger partial charge in [-0.2, -0.15) is 5.01 Å². The first-order valence-corrected chi connectivity index (χ1v) is 12.1. The van der Waals surface area contributed by atoms with E-state index >= 15 is 0 Å². The number of nitrogens with zero attached hydrogens (tertiary/aromatic N) is 2. The predicted molar refractivity (Wildman–Crippen MR) is 134 cm³/mol. The number of nitrogens with one attached hydrogen (secondary N) is 1. The number of carbonyl (C=O) groups is 3. The van der Waals surface area contributed by atoms with Crippen molar-refractivity contribution in [2.75, 3.05) is 18.1 Å². The Bertz CT molecular complexity index is 1060. The van der Waals surface area contributed by atoms with Crippen LogP contribution in [0.5, 0.6) is 0 Å². The molecule has 1 atom stereocenters. The summed E-state index contributed by atoms with van der Waals surface area (Å²) in [5, 5.41) is 0.887. The zero-order valence-electron chi connectivity index (χ0n) is 17.9. The van der Waals surface area contributed by atoms with Gasteiger partial charge >= 0.3 is 12.2 Å². The van der Waals surface area contributed by atoms with Crippen molar-refractivity contribution in [1.29, 1.82) is 0 Å². The number of benzene rings is 2. The van der Waals surface area contributed by atoms with Gasteiger partial charge in [0, 0.05) is 10.9 Å².